The number of hydrogen-bond acceptors (Lipinski definition) is 3. The topological polar surface area (TPSA) is 66.3 Å². The summed E-state index contributed by atoms with van der Waals surface area (Å²) in [5.41, 5.74) is 5.10. The maximum absolute atomic E-state index is 11.7. The Hall–Kier alpha value is -3.73. The zero-order valence-corrected chi connectivity index (χ0v) is 17.9. The molecule has 0 bridgehead atoms. The minimum atomic E-state index is -0.926. The fourth-order valence-electron chi connectivity index (χ4n) is 3.61. The van der Waals surface area contributed by atoms with E-state index in [-0.39, 0.29) is 0 Å². The standard InChI is InChI=1S/C26H25N3O2/c1-26(2,3)29(25(30)31)17-18-11-13-20(14-12-18)23-22(19-8-5-4-6-9-19)16-21-10-7-15-27-24(21)28-23/h4-16H,17H2,1-3H3,(H,30,31). The molecule has 0 atom stereocenters. The molecule has 2 aromatic carbocycles. The molecule has 5 nitrogen and oxygen atoms in total. The molecule has 0 aliphatic rings. The first-order valence-electron chi connectivity index (χ1n) is 10.2. The Morgan fingerprint density at radius 2 is 1.65 bits per heavy atom. The summed E-state index contributed by atoms with van der Waals surface area (Å²) >= 11 is 0. The number of aromatic nitrogens is 2. The van der Waals surface area contributed by atoms with Gasteiger partial charge in [-0.3, -0.25) is 4.90 Å². The third-order valence-corrected chi connectivity index (χ3v) is 5.28. The highest BCUT2D eigenvalue weighted by Gasteiger charge is 2.26. The summed E-state index contributed by atoms with van der Waals surface area (Å²) in [7, 11) is 0. The van der Waals surface area contributed by atoms with Crippen LogP contribution < -0.4 is 0 Å². The van der Waals surface area contributed by atoms with Gasteiger partial charge in [-0.05, 0) is 50.1 Å². The fourth-order valence-corrected chi connectivity index (χ4v) is 3.61. The van der Waals surface area contributed by atoms with Gasteiger partial charge in [-0.15, -0.1) is 0 Å². The largest absolute Gasteiger partial charge is 0.465 e. The number of carboxylic acid groups (broad SMARTS) is 1. The van der Waals surface area contributed by atoms with Gasteiger partial charge in [0.25, 0.3) is 0 Å². The minimum Gasteiger partial charge on any atom is -0.465 e. The zero-order chi connectivity index (χ0) is 22.0. The quantitative estimate of drug-likeness (QED) is 0.431. The lowest BCUT2D eigenvalue weighted by atomic mass is 9.97. The van der Waals surface area contributed by atoms with Crippen molar-refractivity contribution in [1.29, 1.82) is 0 Å². The second kappa shape index (κ2) is 8.19. The first kappa shape index (κ1) is 20.5. The molecule has 0 saturated heterocycles. The van der Waals surface area contributed by atoms with Gasteiger partial charge in [0.15, 0.2) is 5.65 Å². The second-order valence-corrected chi connectivity index (χ2v) is 8.54. The van der Waals surface area contributed by atoms with Gasteiger partial charge in [-0.2, -0.15) is 0 Å². The van der Waals surface area contributed by atoms with Crippen molar-refractivity contribution in [1.82, 2.24) is 14.9 Å². The molecule has 0 aliphatic heterocycles. The summed E-state index contributed by atoms with van der Waals surface area (Å²) < 4.78 is 0. The van der Waals surface area contributed by atoms with Gasteiger partial charge in [0.1, 0.15) is 0 Å². The molecule has 0 saturated carbocycles. The van der Waals surface area contributed by atoms with Crippen LogP contribution in [0.1, 0.15) is 26.3 Å². The molecule has 1 N–H and O–H groups in total. The van der Waals surface area contributed by atoms with Crippen molar-refractivity contribution in [2.45, 2.75) is 32.9 Å². The van der Waals surface area contributed by atoms with Crippen LogP contribution in [-0.4, -0.2) is 31.6 Å². The number of nitrogens with zero attached hydrogens (tertiary/aromatic N) is 3. The molecule has 31 heavy (non-hydrogen) atoms. The number of fused-ring (bicyclic) bond motifs is 1. The number of rotatable bonds is 4. The van der Waals surface area contributed by atoms with Gasteiger partial charge in [-0.1, -0.05) is 54.6 Å². The van der Waals surface area contributed by atoms with Crippen LogP contribution in [0.4, 0.5) is 4.79 Å². The van der Waals surface area contributed by atoms with E-state index in [1.54, 1.807) is 6.20 Å². The van der Waals surface area contributed by atoms with Crippen LogP contribution in [0.15, 0.2) is 79.0 Å². The predicted octanol–water partition coefficient (Wildman–Crippen LogP) is 6.24. The van der Waals surface area contributed by atoms with Crippen molar-refractivity contribution in [2.24, 2.45) is 0 Å². The van der Waals surface area contributed by atoms with E-state index in [0.29, 0.717) is 12.2 Å². The minimum absolute atomic E-state index is 0.331. The summed E-state index contributed by atoms with van der Waals surface area (Å²) in [5, 5.41) is 10.6. The summed E-state index contributed by atoms with van der Waals surface area (Å²) in [5.74, 6) is 0. The maximum Gasteiger partial charge on any atom is 0.408 e. The number of hydrogen-bond donors (Lipinski definition) is 1. The van der Waals surface area contributed by atoms with E-state index < -0.39 is 11.6 Å². The molecule has 156 valence electrons. The van der Waals surface area contributed by atoms with Crippen molar-refractivity contribution in [3.63, 3.8) is 0 Å². The Bertz CT molecular complexity index is 1210. The van der Waals surface area contributed by atoms with Crippen LogP contribution in [0.5, 0.6) is 0 Å². The number of pyridine rings is 2. The van der Waals surface area contributed by atoms with E-state index in [4.69, 9.17) is 4.98 Å². The van der Waals surface area contributed by atoms with Crippen LogP contribution in [0.2, 0.25) is 0 Å². The van der Waals surface area contributed by atoms with E-state index in [9.17, 15) is 9.90 Å². The monoisotopic (exact) mass is 411 g/mol. The molecule has 0 unspecified atom stereocenters. The van der Waals surface area contributed by atoms with Gasteiger partial charge in [0, 0.05) is 34.8 Å². The highest BCUT2D eigenvalue weighted by atomic mass is 16.4. The molecule has 0 spiro atoms. The lowest BCUT2D eigenvalue weighted by molar-refractivity contribution is 0.0955. The van der Waals surface area contributed by atoms with Crippen LogP contribution in [0.25, 0.3) is 33.4 Å². The third kappa shape index (κ3) is 4.40. The van der Waals surface area contributed by atoms with Crippen molar-refractivity contribution >= 4 is 17.1 Å². The Morgan fingerprint density at radius 1 is 0.935 bits per heavy atom. The molecular formula is C26H25N3O2. The fraction of sp³-hybridized carbons (Fsp3) is 0.192. The zero-order valence-electron chi connectivity index (χ0n) is 17.9. The van der Waals surface area contributed by atoms with Gasteiger partial charge >= 0.3 is 6.09 Å². The number of carbonyl (C=O) groups is 1. The summed E-state index contributed by atoms with van der Waals surface area (Å²) in [6.07, 6.45) is 0.822. The van der Waals surface area contributed by atoms with Gasteiger partial charge in [0.05, 0.1) is 5.69 Å². The normalized spacial score (nSPS) is 11.5. The molecular weight excluding hydrogens is 386 g/mol. The average molecular weight is 412 g/mol. The Kier molecular flexibility index (Phi) is 5.42. The lowest BCUT2D eigenvalue weighted by Gasteiger charge is -2.33. The first-order valence-corrected chi connectivity index (χ1v) is 10.2. The Morgan fingerprint density at radius 3 is 2.29 bits per heavy atom. The molecule has 2 aromatic heterocycles. The second-order valence-electron chi connectivity index (χ2n) is 8.54. The van der Waals surface area contributed by atoms with Crippen LogP contribution in [0.3, 0.4) is 0 Å². The summed E-state index contributed by atoms with van der Waals surface area (Å²) in [4.78, 5) is 22.4. The molecule has 4 rings (SSSR count). The molecule has 1 amide bonds. The first-order chi connectivity index (χ1) is 14.8. The van der Waals surface area contributed by atoms with Crippen molar-refractivity contribution in [3.05, 3.63) is 84.6 Å². The molecule has 0 aliphatic carbocycles. The SMILES string of the molecule is CC(C)(C)N(Cc1ccc(-c2nc3ncccc3cc2-c2ccccc2)cc1)C(=O)O. The molecule has 0 radical (unpaired) electrons. The van der Waals surface area contributed by atoms with E-state index in [2.05, 4.69) is 23.2 Å². The summed E-state index contributed by atoms with van der Waals surface area (Å²) in [6, 6.07) is 24.2. The van der Waals surface area contributed by atoms with Crippen LogP contribution >= 0.6 is 0 Å². The van der Waals surface area contributed by atoms with Crippen LogP contribution in [-0.2, 0) is 6.54 Å². The maximum atomic E-state index is 11.7. The molecule has 0 fully saturated rings. The van der Waals surface area contributed by atoms with Gasteiger partial charge in [-0.25, -0.2) is 14.8 Å². The van der Waals surface area contributed by atoms with E-state index in [0.717, 1.165) is 33.3 Å². The van der Waals surface area contributed by atoms with Crippen molar-refractivity contribution < 1.29 is 9.90 Å². The number of amides is 1. The van der Waals surface area contributed by atoms with E-state index in [1.165, 1.54) is 4.90 Å². The molecule has 4 aromatic rings. The van der Waals surface area contributed by atoms with Crippen molar-refractivity contribution in [3.8, 4) is 22.4 Å². The van der Waals surface area contributed by atoms with E-state index in [1.807, 2.05) is 75.4 Å². The molecule has 5 heteroatoms. The highest BCUT2D eigenvalue weighted by molar-refractivity contribution is 5.90. The Balaban J connectivity index is 1.76. The van der Waals surface area contributed by atoms with Gasteiger partial charge < -0.3 is 5.11 Å². The predicted molar refractivity (Wildman–Crippen MR) is 124 cm³/mol. The molecule has 2 heterocycles. The Labute approximate surface area is 182 Å². The van der Waals surface area contributed by atoms with Crippen LogP contribution in [0, 0.1) is 0 Å². The third-order valence-electron chi connectivity index (χ3n) is 5.28. The average Bonchev–Trinajstić information content (AvgIpc) is 2.76. The number of benzene rings is 2. The smallest absolute Gasteiger partial charge is 0.408 e. The highest BCUT2D eigenvalue weighted by Crippen LogP contribution is 2.33. The summed E-state index contributed by atoms with van der Waals surface area (Å²) in [6.45, 7) is 6.02. The van der Waals surface area contributed by atoms with Crippen molar-refractivity contribution in [2.75, 3.05) is 0 Å². The lowest BCUT2D eigenvalue weighted by Crippen LogP contribution is -2.44. The van der Waals surface area contributed by atoms with E-state index >= 15 is 0 Å². The van der Waals surface area contributed by atoms with Gasteiger partial charge in [0.2, 0.25) is 0 Å².